The van der Waals surface area contributed by atoms with Crippen LogP contribution in [-0.2, 0) is 4.79 Å². The van der Waals surface area contributed by atoms with Gasteiger partial charge in [-0.05, 0) is 37.1 Å². The van der Waals surface area contributed by atoms with E-state index in [0.717, 1.165) is 32.2 Å². The average molecular weight is 241 g/mol. The maximum absolute atomic E-state index is 11.0. The summed E-state index contributed by atoms with van der Waals surface area (Å²) in [5.74, 6) is -0.153. The molecule has 17 heavy (non-hydrogen) atoms. The monoisotopic (exact) mass is 241 g/mol. The molecule has 0 amide bonds. The topological polar surface area (TPSA) is 49.3 Å². The smallest absolute Gasteiger partial charge is 0.306 e. The Morgan fingerprint density at radius 2 is 2.06 bits per heavy atom. The van der Waals surface area contributed by atoms with E-state index in [1.54, 1.807) is 0 Å². The summed E-state index contributed by atoms with van der Waals surface area (Å²) >= 11 is 0. The SMILES string of the molecule is CC(CNC1CCCC(C(=O)O)C1)C(C)(C)C. The van der Waals surface area contributed by atoms with Crippen LogP contribution >= 0.6 is 0 Å². The molecule has 3 atom stereocenters. The molecule has 3 nitrogen and oxygen atoms in total. The summed E-state index contributed by atoms with van der Waals surface area (Å²) in [6, 6.07) is 0.398. The van der Waals surface area contributed by atoms with Gasteiger partial charge in [-0.15, -0.1) is 0 Å². The van der Waals surface area contributed by atoms with Crippen LogP contribution in [0, 0.1) is 17.3 Å². The molecule has 0 radical (unpaired) electrons. The van der Waals surface area contributed by atoms with E-state index in [-0.39, 0.29) is 5.92 Å². The Balaban J connectivity index is 2.35. The summed E-state index contributed by atoms with van der Waals surface area (Å²) in [5.41, 5.74) is 0.313. The summed E-state index contributed by atoms with van der Waals surface area (Å²) in [6.07, 6.45) is 3.81. The molecule has 0 heterocycles. The van der Waals surface area contributed by atoms with E-state index in [0.29, 0.717) is 17.4 Å². The van der Waals surface area contributed by atoms with Gasteiger partial charge in [0.15, 0.2) is 0 Å². The lowest BCUT2D eigenvalue weighted by molar-refractivity contribution is -0.143. The van der Waals surface area contributed by atoms with Crippen LogP contribution in [0.25, 0.3) is 0 Å². The molecule has 2 N–H and O–H groups in total. The highest BCUT2D eigenvalue weighted by molar-refractivity contribution is 5.70. The summed E-state index contributed by atoms with van der Waals surface area (Å²) in [7, 11) is 0. The van der Waals surface area contributed by atoms with E-state index >= 15 is 0 Å². The van der Waals surface area contributed by atoms with Crippen LogP contribution in [0.5, 0.6) is 0 Å². The molecule has 100 valence electrons. The number of carboxylic acid groups (broad SMARTS) is 1. The molecule has 1 fully saturated rings. The normalized spacial score (nSPS) is 27.8. The minimum atomic E-state index is -0.625. The van der Waals surface area contributed by atoms with Crippen LogP contribution in [0.4, 0.5) is 0 Å². The Kier molecular flexibility index (Phi) is 4.99. The Morgan fingerprint density at radius 1 is 1.41 bits per heavy atom. The summed E-state index contributed by atoms with van der Waals surface area (Å²) in [5, 5.41) is 12.6. The van der Waals surface area contributed by atoms with E-state index in [1.165, 1.54) is 0 Å². The lowest BCUT2D eigenvalue weighted by Crippen LogP contribution is -2.40. The van der Waals surface area contributed by atoms with Crippen LogP contribution in [0.3, 0.4) is 0 Å². The fourth-order valence-electron chi connectivity index (χ4n) is 2.25. The van der Waals surface area contributed by atoms with Crippen molar-refractivity contribution in [2.24, 2.45) is 17.3 Å². The van der Waals surface area contributed by atoms with Crippen LogP contribution in [-0.4, -0.2) is 23.7 Å². The molecule has 0 saturated heterocycles. The molecule has 0 aromatic heterocycles. The van der Waals surface area contributed by atoms with Gasteiger partial charge in [0, 0.05) is 6.04 Å². The maximum atomic E-state index is 11.0. The molecule has 1 aliphatic rings. The van der Waals surface area contributed by atoms with Crippen molar-refractivity contribution < 1.29 is 9.90 Å². The van der Waals surface area contributed by atoms with E-state index in [9.17, 15) is 4.79 Å². The van der Waals surface area contributed by atoms with Gasteiger partial charge in [-0.3, -0.25) is 4.79 Å². The van der Waals surface area contributed by atoms with Gasteiger partial charge >= 0.3 is 5.97 Å². The van der Waals surface area contributed by atoms with Gasteiger partial charge in [0.2, 0.25) is 0 Å². The van der Waals surface area contributed by atoms with Crippen LogP contribution in [0.2, 0.25) is 0 Å². The average Bonchev–Trinajstić information content (AvgIpc) is 2.25. The van der Waals surface area contributed by atoms with Crippen molar-refractivity contribution in [3.8, 4) is 0 Å². The molecule has 1 saturated carbocycles. The summed E-state index contributed by atoms with van der Waals surface area (Å²) in [4.78, 5) is 11.0. The molecule has 0 spiro atoms. The second kappa shape index (κ2) is 5.85. The zero-order chi connectivity index (χ0) is 13.1. The molecule has 3 heteroatoms. The Labute approximate surface area is 105 Å². The predicted molar refractivity (Wildman–Crippen MR) is 70.0 cm³/mol. The third kappa shape index (κ3) is 4.66. The number of carboxylic acids is 1. The van der Waals surface area contributed by atoms with E-state index in [2.05, 4.69) is 33.0 Å². The molecule has 0 aromatic rings. The first-order chi connectivity index (χ1) is 7.80. The van der Waals surface area contributed by atoms with Crippen LogP contribution in [0.1, 0.15) is 53.4 Å². The second-order valence-corrected chi connectivity index (χ2v) is 6.57. The molecule has 0 aliphatic heterocycles. The van der Waals surface area contributed by atoms with Gasteiger partial charge in [-0.25, -0.2) is 0 Å². The van der Waals surface area contributed by atoms with Gasteiger partial charge in [0.05, 0.1) is 5.92 Å². The number of nitrogens with one attached hydrogen (secondary N) is 1. The highest BCUT2D eigenvalue weighted by atomic mass is 16.4. The standard InChI is InChI=1S/C14H27NO2/c1-10(14(2,3)4)9-15-12-7-5-6-11(8-12)13(16)17/h10-12,15H,5-9H2,1-4H3,(H,16,17). The van der Waals surface area contributed by atoms with Gasteiger partial charge < -0.3 is 10.4 Å². The van der Waals surface area contributed by atoms with Crippen LogP contribution < -0.4 is 5.32 Å². The van der Waals surface area contributed by atoms with Crippen molar-refractivity contribution in [3.63, 3.8) is 0 Å². The lowest BCUT2D eigenvalue weighted by Gasteiger charge is -2.32. The quantitative estimate of drug-likeness (QED) is 0.795. The Bertz CT molecular complexity index is 257. The van der Waals surface area contributed by atoms with Crippen molar-refractivity contribution in [2.45, 2.75) is 59.4 Å². The highest BCUT2D eigenvalue weighted by Crippen LogP contribution is 2.27. The van der Waals surface area contributed by atoms with Gasteiger partial charge in [-0.2, -0.15) is 0 Å². The van der Waals surface area contributed by atoms with Crippen molar-refractivity contribution in [2.75, 3.05) is 6.54 Å². The Morgan fingerprint density at radius 3 is 2.59 bits per heavy atom. The van der Waals surface area contributed by atoms with Gasteiger partial charge in [0.25, 0.3) is 0 Å². The third-order valence-electron chi connectivity index (χ3n) is 4.21. The zero-order valence-electron chi connectivity index (χ0n) is 11.6. The fraction of sp³-hybridized carbons (Fsp3) is 0.929. The van der Waals surface area contributed by atoms with Crippen molar-refractivity contribution in [1.82, 2.24) is 5.32 Å². The summed E-state index contributed by atoms with van der Waals surface area (Å²) in [6.45, 7) is 9.99. The minimum Gasteiger partial charge on any atom is -0.481 e. The highest BCUT2D eigenvalue weighted by Gasteiger charge is 2.27. The molecule has 1 aliphatic carbocycles. The van der Waals surface area contributed by atoms with Crippen molar-refractivity contribution >= 4 is 5.97 Å². The molecule has 0 aromatic carbocycles. The molecular formula is C14H27NO2. The molecular weight excluding hydrogens is 214 g/mol. The largest absolute Gasteiger partial charge is 0.481 e. The molecule has 0 bridgehead atoms. The first kappa shape index (κ1) is 14.5. The second-order valence-electron chi connectivity index (χ2n) is 6.57. The van der Waals surface area contributed by atoms with E-state index in [1.807, 2.05) is 0 Å². The minimum absolute atomic E-state index is 0.133. The number of hydrogen-bond donors (Lipinski definition) is 2. The van der Waals surface area contributed by atoms with Gasteiger partial charge in [0.1, 0.15) is 0 Å². The van der Waals surface area contributed by atoms with E-state index in [4.69, 9.17) is 5.11 Å². The zero-order valence-corrected chi connectivity index (χ0v) is 11.6. The number of hydrogen-bond acceptors (Lipinski definition) is 2. The third-order valence-corrected chi connectivity index (χ3v) is 4.21. The fourth-order valence-corrected chi connectivity index (χ4v) is 2.25. The molecule has 3 unspecified atom stereocenters. The number of aliphatic carboxylic acids is 1. The first-order valence-corrected chi connectivity index (χ1v) is 6.77. The first-order valence-electron chi connectivity index (χ1n) is 6.77. The number of carbonyl (C=O) groups is 1. The van der Waals surface area contributed by atoms with Crippen molar-refractivity contribution in [3.05, 3.63) is 0 Å². The lowest BCUT2D eigenvalue weighted by atomic mass is 9.81. The van der Waals surface area contributed by atoms with Gasteiger partial charge in [-0.1, -0.05) is 34.1 Å². The van der Waals surface area contributed by atoms with E-state index < -0.39 is 5.97 Å². The number of rotatable bonds is 4. The molecule has 1 rings (SSSR count). The Hall–Kier alpha value is -0.570. The predicted octanol–water partition coefficient (Wildman–Crippen LogP) is 2.90. The van der Waals surface area contributed by atoms with Crippen molar-refractivity contribution in [1.29, 1.82) is 0 Å². The maximum Gasteiger partial charge on any atom is 0.306 e. The summed E-state index contributed by atoms with van der Waals surface area (Å²) < 4.78 is 0. The van der Waals surface area contributed by atoms with Crippen LogP contribution in [0.15, 0.2) is 0 Å².